The number of carbonyl (C=O) groups is 1. The average molecular weight is 425 g/mol. The van der Waals surface area contributed by atoms with E-state index in [1.165, 1.54) is 0 Å². The van der Waals surface area contributed by atoms with Crippen LogP contribution in [0.2, 0.25) is 0 Å². The van der Waals surface area contributed by atoms with Gasteiger partial charge in [0.1, 0.15) is 0 Å². The van der Waals surface area contributed by atoms with Crippen molar-refractivity contribution >= 4 is 44.1 Å². The fourth-order valence-corrected chi connectivity index (χ4v) is 3.08. The molecule has 0 aliphatic heterocycles. The van der Waals surface area contributed by atoms with Crippen molar-refractivity contribution in [3.63, 3.8) is 0 Å². The van der Waals surface area contributed by atoms with E-state index in [4.69, 9.17) is 6.42 Å². The molecule has 0 saturated carbocycles. The number of carbonyl (C=O) groups excluding carboxylic acids is 1. The van der Waals surface area contributed by atoms with Gasteiger partial charge in [-0.15, -0.1) is 16.7 Å². The van der Waals surface area contributed by atoms with E-state index in [0.717, 1.165) is 15.7 Å². The molecule has 6 nitrogen and oxygen atoms in total. The van der Waals surface area contributed by atoms with Crippen molar-refractivity contribution in [2.24, 2.45) is 10.2 Å². The minimum atomic E-state index is -0.455. The molecule has 0 fully saturated rings. The highest BCUT2D eigenvalue weighted by atomic mass is 79.9. The van der Waals surface area contributed by atoms with Gasteiger partial charge in [-0.25, -0.2) is 0 Å². The zero-order chi connectivity index (χ0) is 19.4. The summed E-state index contributed by atoms with van der Waals surface area (Å²) in [6.45, 7) is 2.16. The van der Waals surface area contributed by atoms with Crippen LogP contribution in [0.5, 0.6) is 5.88 Å². The Labute approximate surface area is 165 Å². The SMILES string of the molecule is C#CCn1c(O)c(N=NC(=O)CNc2cccc(C)c2)c2cc(Br)ccc21. The molecule has 0 radical (unpaired) electrons. The van der Waals surface area contributed by atoms with Crippen LogP contribution in [0, 0.1) is 19.3 Å². The van der Waals surface area contributed by atoms with Gasteiger partial charge in [-0.2, -0.15) is 0 Å². The normalized spacial score (nSPS) is 11.0. The number of anilines is 1. The highest BCUT2D eigenvalue weighted by Gasteiger charge is 2.16. The third-order valence-electron chi connectivity index (χ3n) is 3.94. The lowest BCUT2D eigenvalue weighted by Gasteiger charge is -2.03. The average Bonchev–Trinajstić information content (AvgIpc) is 2.89. The summed E-state index contributed by atoms with van der Waals surface area (Å²) in [5.41, 5.74) is 2.85. The van der Waals surface area contributed by atoms with E-state index in [1.54, 1.807) is 10.6 Å². The lowest BCUT2D eigenvalue weighted by atomic mass is 10.2. The summed E-state index contributed by atoms with van der Waals surface area (Å²) >= 11 is 3.40. The molecular formula is C20H17BrN4O2. The molecule has 0 bridgehead atoms. The Hall–Kier alpha value is -3.11. The maximum absolute atomic E-state index is 12.1. The van der Waals surface area contributed by atoms with E-state index < -0.39 is 5.91 Å². The van der Waals surface area contributed by atoms with Gasteiger partial charge in [-0.3, -0.25) is 9.36 Å². The van der Waals surface area contributed by atoms with Crippen LogP contribution in [0.15, 0.2) is 57.2 Å². The molecule has 0 aliphatic rings. The van der Waals surface area contributed by atoms with Crippen LogP contribution in [0.3, 0.4) is 0 Å². The number of hydrogen-bond acceptors (Lipinski definition) is 4. The molecule has 1 amide bonds. The maximum atomic E-state index is 12.1. The van der Waals surface area contributed by atoms with Crippen LogP contribution in [0.1, 0.15) is 5.56 Å². The van der Waals surface area contributed by atoms with E-state index in [1.807, 2.05) is 43.3 Å². The van der Waals surface area contributed by atoms with Crippen LogP contribution < -0.4 is 5.32 Å². The van der Waals surface area contributed by atoms with Gasteiger partial charge in [-0.1, -0.05) is 34.0 Å². The van der Waals surface area contributed by atoms with E-state index in [9.17, 15) is 9.90 Å². The fourth-order valence-electron chi connectivity index (χ4n) is 2.72. The molecule has 2 N–H and O–H groups in total. The van der Waals surface area contributed by atoms with Crippen molar-refractivity contribution in [2.45, 2.75) is 13.5 Å². The first-order chi connectivity index (χ1) is 13.0. The predicted octanol–water partition coefficient (Wildman–Crippen LogP) is 4.77. The number of nitrogens with one attached hydrogen (secondary N) is 1. The van der Waals surface area contributed by atoms with Gasteiger partial charge in [-0.05, 0) is 42.8 Å². The predicted molar refractivity (Wildman–Crippen MR) is 109 cm³/mol. The topological polar surface area (TPSA) is 79.0 Å². The van der Waals surface area contributed by atoms with Crippen molar-refractivity contribution in [3.8, 4) is 18.2 Å². The number of aryl methyl sites for hydroxylation is 1. The first-order valence-corrected chi connectivity index (χ1v) is 8.98. The monoisotopic (exact) mass is 424 g/mol. The van der Waals surface area contributed by atoms with Crippen molar-refractivity contribution in [3.05, 3.63) is 52.5 Å². The lowest BCUT2D eigenvalue weighted by molar-refractivity contribution is -0.116. The van der Waals surface area contributed by atoms with Crippen molar-refractivity contribution in [1.29, 1.82) is 0 Å². The van der Waals surface area contributed by atoms with Gasteiger partial charge >= 0.3 is 0 Å². The number of azo groups is 1. The standard InChI is InChI=1S/C20H17BrN4O2/c1-3-9-25-17-8-7-14(21)11-16(17)19(20(25)27)24-23-18(26)12-22-15-6-4-5-13(2)10-15/h1,4-8,10-11,22,27H,9,12H2,2H3. The minimum Gasteiger partial charge on any atom is -0.493 e. The molecule has 7 heteroatoms. The molecule has 136 valence electrons. The number of aromatic hydroxyl groups is 1. The van der Waals surface area contributed by atoms with Crippen LogP contribution in [0.25, 0.3) is 10.9 Å². The highest BCUT2D eigenvalue weighted by Crippen LogP contribution is 2.39. The van der Waals surface area contributed by atoms with Gasteiger partial charge < -0.3 is 10.4 Å². The Morgan fingerprint density at radius 2 is 2.15 bits per heavy atom. The second-order valence-corrected chi connectivity index (χ2v) is 6.86. The summed E-state index contributed by atoms with van der Waals surface area (Å²) in [6, 6.07) is 13.1. The van der Waals surface area contributed by atoms with E-state index in [-0.39, 0.29) is 24.7 Å². The fraction of sp³-hybridized carbons (Fsp3) is 0.150. The van der Waals surface area contributed by atoms with Crippen molar-refractivity contribution in [2.75, 3.05) is 11.9 Å². The molecule has 0 spiro atoms. The summed E-state index contributed by atoms with van der Waals surface area (Å²) in [6.07, 6.45) is 5.38. The number of terminal acetylenes is 1. The smallest absolute Gasteiger partial charge is 0.283 e. The molecule has 1 aromatic heterocycles. The second kappa shape index (κ2) is 8.06. The molecule has 0 saturated heterocycles. The van der Waals surface area contributed by atoms with Crippen molar-refractivity contribution < 1.29 is 9.90 Å². The Morgan fingerprint density at radius 1 is 1.33 bits per heavy atom. The second-order valence-electron chi connectivity index (χ2n) is 5.94. The molecule has 0 atom stereocenters. The molecule has 0 unspecified atom stereocenters. The largest absolute Gasteiger partial charge is 0.493 e. The van der Waals surface area contributed by atoms with Gasteiger partial charge in [0.2, 0.25) is 5.88 Å². The molecule has 1 heterocycles. The first-order valence-electron chi connectivity index (χ1n) is 8.19. The number of fused-ring (bicyclic) bond motifs is 1. The Morgan fingerprint density at radius 3 is 2.89 bits per heavy atom. The van der Waals surface area contributed by atoms with Crippen LogP contribution in [-0.2, 0) is 11.3 Å². The summed E-state index contributed by atoms with van der Waals surface area (Å²) in [5.74, 6) is 1.92. The Kier molecular flexibility index (Phi) is 5.57. The first kappa shape index (κ1) is 18.7. The quantitative estimate of drug-likeness (QED) is 0.457. The molecule has 3 rings (SSSR count). The van der Waals surface area contributed by atoms with E-state index in [0.29, 0.717) is 10.9 Å². The summed E-state index contributed by atoms with van der Waals surface area (Å²) in [4.78, 5) is 12.1. The van der Waals surface area contributed by atoms with Gasteiger partial charge in [0.05, 0.1) is 18.6 Å². The van der Waals surface area contributed by atoms with Gasteiger partial charge in [0.25, 0.3) is 5.91 Å². The number of benzene rings is 2. The highest BCUT2D eigenvalue weighted by molar-refractivity contribution is 9.10. The third kappa shape index (κ3) is 4.18. The van der Waals surface area contributed by atoms with Crippen LogP contribution in [-0.4, -0.2) is 22.1 Å². The van der Waals surface area contributed by atoms with Gasteiger partial charge in [0, 0.05) is 15.5 Å². The van der Waals surface area contributed by atoms with E-state index >= 15 is 0 Å². The molecule has 27 heavy (non-hydrogen) atoms. The zero-order valence-electron chi connectivity index (χ0n) is 14.6. The Balaban J connectivity index is 1.83. The molecule has 2 aromatic carbocycles. The minimum absolute atomic E-state index is 0.000403. The molecular weight excluding hydrogens is 408 g/mol. The van der Waals surface area contributed by atoms with Crippen LogP contribution >= 0.6 is 15.9 Å². The summed E-state index contributed by atoms with van der Waals surface area (Å²) < 4.78 is 2.36. The number of nitrogens with zero attached hydrogens (tertiary/aromatic N) is 3. The van der Waals surface area contributed by atoms with E-state index in [2.05, 4.69) is 37.4 Å². The summed E-state index contributed by atoms with van der Waals surface area (Å²) in [7, 11) is 0. The number of aromatic nitrogens is 1. The number of halogens is 1. The number of hydrogen-bond donors (Lipinski definition) is 2. The lowest BCUT2D eigenvalue weighted by Crippen LogP contribution is -2.10. The van der Waals surface area contributed by atoms with Crippen LogP contribution in [0.4, 0.5) is 11.4 Å². The number of rotatable bonds is 5. The molecule has 3 aromatic rings. The maximum Gasteiger partial charge on any atom is 0.283 e. The van der Waals surface area contributed by atoms with Gasteiger partial charge in [0.15, 0.2) is 5.69 Å². The summed E-state index contributed by atoms with van der Waals surface area (Å²) in [5, 5.41) is 21.8. The third-order valence-corrected chi connectivity index (χ3v) is 4.44. The Bertz CT molecular complexity index is 1080. The van der Waals surface area contributed by atoms with Crippen molar-refractivity contribution in [1.82, 2.24) is 4.57 Å². The number of amides is 1. The molecule has 0 aliphatic carbocycles. The zero-order valence-corrected chi connectivity index (χ0v) is 16.2.